The summed E-state index contributed by atoms with van der Waals surface area (Å²) in [4.78, 5) is 12.0. The second-order valence-electron chi connectivity index (χ2n) is 5.37. The first-order valence-electron chi connectivity index (χ1n) is 6.95. The molecule has 2 rings (SSSR count). The summed E-state index contributed by atoms with van der Waals surface area (Å²) in [7, 11) is 0. The number of benzene rings is 1. The van der Waals surface area contributed by atoms with Crippen LogP contribution in [-0.2, 0) is 4.79 Å². The summed E-state index contributed by atoms with van der Waals surface area (Å²) in [6, 6.07) is 6.66. The Bertz CT molecular complexity index is 434. The van der Waals surface area contributed by atoms with Gasteiger partial charge in [-0.2, -0.15) is 0 Å². The second-order valence-corrected chi connectivity index (χ2v) is 5.37. The normalized spacial score (nSPS) is 17.1. The molecule has 3 N–H and O–H groups in total. The van der Waals surface area contributed by atoms with E-state index in [0.29, 0.717) is 23.9 Å². The summed E-state index contributed by atoms with van der Waals surface area (Å²) in [5, 5.41) is 15.5. The molecule has 1 heterocycles. The summed E-state index contributed by atoms with van der Waals surface area (Å²) in [5.41, 5.74) is 0.655. The van der Waals surface area contributed by atoms with E-state index in [-0.39, 0.29) is 24.1 Å². The van der Waals surface area contributed by atoms with E-state index in [4.69, 9.17) is 0 Å². The molecule has 20 heavy (non-hydrogen) atoms. The third-order valence-corrected chi connectivity index (χ3v) is 3.83. The van der Waals surface area contributed by atoms with Crippen molar-refractivity contribution in [3.8, 4) is 5.75 Å². The Balaban J connectivity index is 0.00000200. The van der Waals surface area contributed by atoms with Crippen LogP contribution in [0.1, 0.15) is 26.2 Å². The minimum atomic E-state index is 0. The minimum absolute atomic E-state index is 0. The molecule has 1 amide bonds. The van der Waals surface area contributed by atoms with E-state index in [1.165, 1.54) is 0 Å². The van der Waals surface area contributed by atoms with Crippen LogP contribution in [0.2, 0.25) is 0 Å². The first kappa shape index (κ1) is 16.8. The Morgan fingerprint density at radius 3 is 2.80 bits per heavy atom. The number of amides is 1. The number of halogens is 1. The molecule has 112 valence electrons. The molecule has 0 radical (unpaired) electrons. The SMILES string of the molecule is CC(CC(=O)Nc1cccc(O)c1)C1CCNCC1.Cl. The van der Waals surface area contributed by atoms with Crippen molar-refractivity contribution in [2.24, 2.45) is 11.8 Å². The monoisotopic (exact) mass is 298 g/mol. The zero-order valence-corrected chi connectivity index (χ0v) is 12.6. The molecule has 1 atom stereocenters. The van der Waals surface area contributed by atoms with Crippen molar-refractivity contribution >= 4 is 24.0 Å². The van der Waals surface area contributed by atoms with Gasteiger partial charge in [0.25, 0.3) is 0 Å². The van der Waals surface area contributed by atoms with Crippen molar-refractivity contribution in [2.45, 2.75) is 26.2 Å². The minimum Gasteiger partial charge on any atom is -0.508 e. The predicted molar refractivity (Wildman–Crippen MR) is 83.4 cm³/mol. The fourth-order valence-corrected chi connectivity index (χ4v) is 2.67. The Morgan fingerprint density at radius 2 is 2.15 bits per heavy atom. The molecule has 1 unspecified atom stereocenters. The van der Waals surface area contributed by atoms with Gasteiger partial charge in [0.05, 0.1) is 0 Å². The molecular formula is C15H23ClN2O2. The number of phenols is 1. The zero-order chi connectivity index (χ0) is 13.7. The van der Waals surface area contributed by atoms with Gasteiger partial charge in [0, 0.05) is 18.2 Å². The van der Waals surface area contributed by atoms with Gasteiger partial charge in [-0.15, -0.1) is 12.4 Å². The fraction of sp³-hybridized carbons (Fsp3) is 0.533. The quantitative estimate of drug-likeness (QED) is 0.801. The molecule has 5 heteroatoms. The average molecular weight is 299 g/mol. The molecule has 0 saturated carbocycles. The number of hydrogen-bond donors (Lipinski definition) is 3. The summed E-state index contributed by atoms with van der Waals surface area (Å²) in [6.07, 6.45) is 2.85. The number of hydrogen-bond acceptors (Lipinski definition) is 3. The molecule has 1 fully saturated rings. The van der Waals surface area contributed by atoms with Gasteiger partial charge in [-0.05, 0) is 49.9 Å². The lowest BCUT2D eigenvalue weighted by atomic mass is 9.84. The van der Waals surface area contributed by atoms with Crippen molar-refractivity contribution in [2.75, 3.05) is 18.4 Å². The van der Waals surface area contributed by atoms with Crippen LogP contribution < -0.4 is 10.6 Å². The summed E-state index contributed by atoms with van der Waals surface area (Å²) >= 11 is 0. The Labute approximate surface area is 126 Å². The van der Waals surface area contributed by atoms with Gasteiger partial charge in [-0.25, -0.2) is 0 Å². The number of piperidine rings is 1. The van der Waals surface area contributed by atoms with Crippen LogP contribution in [0.25, 0.3) is 0 Å². The van der Waals surface area contributed by atoms with E-state index in [1.54, 1.807) is 24.3 Å². The highest BCUT2D eigenvalue weighted by atomic mass is 35.5. The van der Waals surface area contributed by atoms with Crippen molar-refractivity contribution in [3.63, 3.8) is 0 Å². The lowest BCUT2D eigenvalue weighted by Crippen LogP contribution is -2.32. The molecule has 0 spiro atoms. The topological polar surface area (TPSA) is 61.4 Å². The third kappa shape index (κ3) is 5.02. The molecule has 1 aromatic rings. The van der Waals surface area contributed by atoms with Crippen molar-refractivity contribution in [1.29, 1.82) is 0 Å². The molecule has 1 aromatic carbocycles. The average Bonchev–Trinajstić information content (AvgIpc) is 2.39. The highest BCUT2D eigenvalue weighted by Crippen LogP contribution is 2.25. The van der Waals surface area contributed by atoms with Crippen LogP contribution in [0, 0.1) is 11.8 Å². The Morgan fingerprint density at radius 1 is 1.45 bits per heavy atom. The van der Waals surface area contributed by atoms with Gasteiger partial charge < -0.3 is 15.7 Å². The molecule has 0 aromatic heterocycles. The van der Waals surface area contributed by atoms with Crippen molar-refractivity contribution < 1.29 is 9.90 Å². The van der Waals surface area contributed by atoms with Gasteiger partial charge in [0.2, 0.25) is 5.91 Å². The van der Waals surface area contributed by atoms with E-state index in [0.717, 1.165) is 25.9 Å². The Kier molecular flexibility index (Phi) is 6.82. The van der Waals surface area contributed by atoms with Crippen LogP contribution in [0.3, 0.4) is 0 Å². The largest absolute Gasteiger partial charge is 0.508 e. The molecule has 4 nitrogen and oxygen atoms in total. The number of anilines is 1. The molecule has 1 aliphatic heterocycles. The number of carbonyl (C=O) groups excluding carboxylic acids is 1. The predicted octanol–water partition coefficient (Wildman–Crippen LogP) is 2.78. The Hall–Kier alpha value is -1.26. The smallest absolute Gasteiger partial charge is 0.224 e. The molecule has 0 bridgehead atoms. The number of nitrogens with one attached hydrogen (secondary N) is 2. The fourth-order valence-electron chi connectivity index (χ4n) is 2.67. The lowest BCUT2D eigenvalue weighted by Gasteiger charge is -2.27. The van der Waals surface area contributed by atoms with Gasteiger partial charge in [0.1, 0.15) is 5.75 Å². The number of carbonyl (C=O) groups is 1. The lowest BCUT2D eigenvalue weighted by molar-refractivity contribution is -0.117. The van der Waals surface area contributed by atoms with Crippen LogP contribution in [0.5, 0.6) is 5.75 Å². The van der Waals surface area contributed by atoms with E-state index in [1.807, 2.05) is 0 Å². The summed E-state index contributed by atoms with van der Waals surface area (Å²) < 4.78 is 0. The number of rotatable bonds is 4. The maximum atomic E-state index is 12.0. The van der Waals surface area contributed by atoms with E-state index < -0.39 is 0 Å². The molecule has 1 saturated heterocycles. The van der Waals surface area contributed by atoms with E-state index in [2.05, 4.69) is 17.6 Å². The highest BCUT2D eigenvalue weighted by molar-refractivity contribution is 5.91. The molecular weight excluding hydrogens is 276 g/mol. The van der Waals surface area contributed by atoms with Crippen LogP contribution in [0.15, 0.2) is 24.3 Å². The van der Waals surface area contributed by atoms with Gasteiger partial charge in [-0.1, -0.05) is 13.0 Å². The van der Waals surface area contributed by atoms with Crippen molar-refractivity contribution in [1.82, 2.24) is 5.32 Å². The number of aromatic hydroxyl groups is 1. The molecule has 0 aliphatic carbocycles. The summed E-state index contributed by atoms with van der Waals surface area (Å²) in [6.45, 7) is 4.27. The van der Waals surface area contributed by atoms with Gasteiger partial charge in [-0.3, -0.25) is 4.79 Å². The third-order valence-electron chi connectivity index (χ3n) is 3.83. The first-order chi connectivity index (χ1) is 9.15. The van der Waals surface area contributed by atoms with Gasteiger partial charge in [0.15, 0.2) is 0 Å². The first-order valence-corrected chi connectivity index (χ1v) is 6.95. The maximum Gasteiger partial charge on any atom is 0.224 e. The molecule has 1 aliphatic rings. The highest BCUT2D eigenvalue weighted by Gasteiger charge is 2.21. The van der Waals surface area contributed by atoms with Crippen molar-refractivity contribution in [3.05, 3.63) is 24.3 Å². The van der Waals surface area contributed by atoms with E-state index in [9.17, 15) is 9.90 Å². The maximum absolute atomic E-state index is 12.0. The van der Waals surface area contributed by atoms with Crippen LogP contribution in [-0.4, -0.2) is 24.1 Å². The van der Waals surface area contributed by atoms with Crippen LogP contribution >= 0.6 is 12.4 Å². The zero-order valence-electron chi connectivity index (χ0n) is 11.8. The van der Waals surface area contributed by atoms with Gasteiger partial charge >= 0.3 is 0 Å². The number of phenolic OH excluding ortho intramolecular Hbond substituents is 1. The summed E-state index contributed by atoms with van der Waals surface area (Å²) in [5.74, 6) is 1.23. The standard InChI is InChI=1S/C15H22N2O2.ClH/c1-11(12-5-7-16-8-6-12)9-15(19)17-13-3-2-4-14(18)10-13;/h2-4,10-12,16,18H,5-9H2,1H3,(H,17,19);1H. The van der Waals surface area contributed by atoms with Crippen LogP contribution in [0.4, 0.5) is 5.69 Å². The second kappa shape index (κ2) is 8.12. The van der Waals surface area contributed by atoms with E-state index >= 15 is 0 Å².